The highest BCUT2D eigenvalue weighted by Gasteiger charge is 2.45. The minimum atomic E-state index is -1.45. The Labute approximate surface area is 204 Å². The number of nitrogens with zero attached hydrogens (tertiary/aromatic N) is 6. The SMILES string of the molecule is CCNc1nc(Nc2cc(C#N)cc([C@]3(NC(=O)O)CCNC[C@H]3O)c2Cl)nn2c(C#N)cnc12. The number of halogens is 1. The molecule has 0 bridgehead atoms. The predicted molar refractivity (Wildman–Crippen MR) is 125 cm³/mol. The van der Waals surface area contributed by atoms with Gasteiger partial charge in [0.25, 0.3) is 0 Å². The van der Waals surface area contributed by atoms with Crippen LogP contribution in [0.2, 0.25) is 5.02 Å². The van der Waals surface area contributed by atoms with Crippen molar-refractivity contribution in [1.29, 1.82) is 10.5 Å². The fourth-order valence-electron chi connectivity index (χ4n) is 4.10. The maximum absolute atomic E-state index is 11.7. The van der Waals surface area contributed by atoms with Gasteiger partial charge in [0.05, 0.1) is 40.2 Å². The predicted octanol–water partition coefficient (Wildman–Crippen LogP) is 1.51. The molecule has 180 valence electrons. The van der Waals surface area contributed by atoms with Gasteiger partial charge in [0, 0.05) is 18.7 Å². The van der Waals surface area contributed by atoms with E-state index in [1.807, 2.05) is 19.1 Å². The number of aromatic nitrogens is 4. The van der Waals surface area contributed by atoms with Crippen LogP contribution < -0.4 is 21.3 Å². The lowest BCUT2D eigenvalue weighted by atomic mass is 9.78. The lowest BCUT2D eigenvalue weighted by Crippen LogP contribution is -2.61. The third-order valence-corrected chi connectivity index (χ3v) is 6.09. The fourth-order valence-corrected chi connectivity index (χ4v) is 4.43. The summed E-state index contributed by atoms with van der Waals surface area (Å²) < 4.78 is 1.32. The minimum absolute atomic E-state index is 0.0528. The van der Waals surface area contributed by atoms with E-state index < -0.39 is 17.7 Å². The summed E-state index contributed by atoms with van der Waals surface area (Å²) in [5.74, 6) is 0.425. The van der Waals surface area contributed by atoms with Crippen molar-refractivity contribution in [1.82, 2.24) is 30.2 Å². The van der Waals surface area contributed by atoms with Crippen molar-refractivity contribution < 1.29 is 15.0 Å². The molecule has 4 rings (SSSR count). The Bertz CT molecular complexity index is 1380. The van der Waals surface area contributed by atoms with Gasteiger partial charge in [-0.3, -0.25) is 0 Å². The molecule has 1 aliphatic heterocycles. The molecule has 0 radical (unpaired) electrons. The van der Waals surface area contributed by atoms with Crippen LogP contribution in [0.5, 0.6) is 0 Å². The fraction of sp³-hybridized carbons (Fsp3) is 0.333. The number of aliphatic hydroxyl groups is 1. The summed E-state index contributed by atoms with van der Waals surface area (Å²) >= 11 is 6.74. The number of piperidine rings is 1. The van der Waals surface area contributed by atoms with Crippen molar-refractivity contribution >= 4 is 40.8 Å². The molecule has 0 spiro atoms. The van der Waals surface area contributed by atoms with E-state index in [9.17, 15) is 25.5 Å². The van der Waals surface area contributed by atoms with Crippen LogP contribution in [0.15, 0.2) is 18.3 Å². The zero-order chi connectivity index (χ0) is 25.2. The van der Waals surface area contributed by atoms with Crippen molar-refractivity contribution in [2.24, 2.45) is 0 Å². The van der Waals surface area contributed by atoms with E-state index >= 15 is 0 Å². The molecule has 1 aliphatic rings. The molecule has 1 fully saturated rings. The van der Waals surface area contributed by atoms with Gasteiger partial charge in [-0.1, -0.05) is 11.6 Å². The molecular formula is C21H21ClN10O3. The second-order valence-electron chi connectivity index (χ2n) is 7.80. The van der Waals surface area contributed by atoms with Gasteiger partial charge in [-0.05, 0) is 32.0 Å². The molecule has 6 N–H and O–H groups in total. The van der Waals surface area contributed by atoms with Crippen molar-refractivity contribution in [3.63, 3.8) is 0 Å². The Kier molecular flexibility index (Phi) is 6.57. The summed E-state index contributed by atoms with van der Waals surface area (Å²) in [5, 5.41) is 55.2. The second-order valence-corrected chi connectivity index (χ2v) is 8.18. The van der Waals surface area contributed by atoms with Crippen LogP contribution >= 0.6 is 11.6 Å². The number of β-amino-alcohol motifs (C(OH)–C–C–N with tert-alkyl or cyclic N) is 1. The van der Waals surface area contributed by atoms with E-state index in [1.54, 1.807) is 0 Å². The molecule has 13 nitrogen and oxygen atoms in total. The number of nitriles is 2. The zero-order valence-corrected chi connectivity index (χ0v) is 19.3. The van der Waals surface area contributed by atoms with Gasteiger partial charge < -0.3 is 31.5 Å². The molecule has 35 heavy (non-hydrogen) atoms. The molecule has 1 aromatic carbocycles. The van der Waals surface area contributed by atoms with Gasteiger partial charge in [0.1, 0.15) is 6.07 Å². The maximum Gasteiger partial charge on any atom is 0.405 e. The summed E-state index contributed by atoms with van der Waals surface area (Å²) in [4.78, 5) is 20.3. The van der Waals surface area contributed by atoms with Gasteiger partial charge in [0.15, 0.2) is 17.2 Å². The van der Waals surface area contributed by atoms with E-state index in [0.717, 1.165) is 0 Å². The summed E-state index contributed by atoms with van der Waals surface area (Å²) in [5.41, 5.74) is -0.268. The van der Waals surface area contributed by atoms with Crippen LogP contribution in [0.3, 0.4) is 0 Å². The number of imidazole rings is 1. The summed E-state index contributed by atoms with van der Waals surface area (Å²) in [7, 11) is 0. The molecule has 0 unspecified atom stereocenters. The number of hydrogen-bond donors (Lipinski definition) is 6. The average Bonchev–Trinajstić information content (AvgIpc) is 3.25. The first-order valence-electron chi connectivity index (χ1n) is 10.6. The lowest BCUT2D eigenvalue weighted by molar-refractivity contribution is 0.0326. The zero-order valence-electron chi connectivity index (χ0n) is 18.5. The number of carbonyl (C=O) groups is 1. The molecule has 3 aromatic rings. The Morgan fingerprint density at radius 3 is 2.86 bits per heavy atom. The van der Waals surface area contributed by atoms with Crippen LogP contribution in [-0.4, -0.2) is 61.6 Å². The molecule has 0 saturated carbocycles. The number of anilines is 3. The number of nitrogens with one attached hydrogen (secondary N) is 4. The van der Waals surface area contributed by atoms with Crippen LogP contribution in [0.25, 0.3) is 5.65 Å². The van der Waals surface area contributed by atoms with Crippen molar-refractivity contribution in [2.75, 3.05) is 30.3 Å². The van der Waals surface area contributed by atoms with Crippen molar-refractivity contribution in [3.8, 4) is 12.1 Å². The maximum atomic E-state index is 11.7. The number of benzene rings is 1. The van der Waals surface area contributed by atoms with E-state index in [-0.39, 0.29) is 46.4 Å². The normalized spacial score (nSPS) is 19.5. The monoisotopic (exact) mass is 496 g/mol. The number of carboxylic acid groups (broad SMARTS) is 1. The Balaban J connectivity index is 1.86. The first-order valence-corrected chi connectivity index (χ1v) is 11.0. The number of amides is 1. The Morgan fingerprint density at radius 2 is 2.20 bits per heavy atom. The third kappa shape index (κ3) is 4.36. The highest BCUT2D eigenvalue weighted by molar-refractivity contribution is 6.34. The van der Waals surface area contributed by atoms with Gasteiger partial charge in [0.2, 0.25) is 5.95 Å². The topological polar surface area (TPSA) is 196 Å². The summed E-state index contributed by atoms with van der Waals surface area (Å²) in [6.07, 6.45) is -0.923. The Morgan fingerprint density at radius 1 is 1.40 bits per heavy atom. The van der Waals surface area contributed by atoms with E-state index in [1.165, 1.54) is 22.8 Å². The molecular weight excluding hydrogens is 476 g/mol. The smallest absolute Gasteiger partial charge is 0.405 e. The highest BCUT2D eigenvalue weighted by Crippen LogP contribution is 2.40. The molecule has 2 atom stereocenters. The minimum Gasteiger partial charge on any atom is -0.465 e. The molecule has 14 heteroatoms. The van der Waals surface area contributed by atoms with E-state index in [2.05, 4.69) is 36.3 Å². The van der Waals surface area contributed by atoms with Gasteiger partial charge in [-0.15, -0.1) is 5.10 Å². The van der Waals surface area contributed by atoms with Gasteiger partial charge >= 0.3 is 6.09 Å². The molecule has 0 aliphatic carbocycles. The molecule has 1 amide bonds. The quantitative estimate of drug-likeness (QED) is 0.289. The molecule has 2 aromatic heterocycles. The van der Waals surface area contributed by atoms with Gasteiger partial charge in [-0.2, -0.15) is 20.0 Å². The molecule has 1 saturated heterocycles. The Hall–Kier alpha value is -4.17. The first kappa shape index (κ1) is 24.0. The number of aliphatic hydroxyl groups excluding tert-OH is 1. The highest BCUT2D eigenvalue weighted by atomic mass is 35.5. The second kappa shape index (κ2) is 9.60. The van der Waals surface area contributed by atoms with Crippen LogP contribution in [0.4, 0.5) is 22.2 Å². The standard InChI is InChI=1S/C21H21ClN10O3/c1-2-26-17-18-27-9-12(8-24)32(18)31-19(29-17)28-14-6-11(7-23)5-13(16(14)22)21(30-20(34)35)3-4-25-10-15(21)33/h5-6,9,15,25,30,33H,2-4,10H2,1H3,(H,34,35)(H2,26,28,29,31)/t15-,21-/m1/s1. The number of fused-ring (bicyclic) bond motifs is 1. The third-order valence-electron chi connectivity index (χ3n) is 5.68. The average molecular weight is 497 g/mol. The van der Waals surface area contributed by atoms with Crippen LogP contribution in [0.1, 0.15) is 30.2 Å². The largest absolute Gasteiger partial charge is 0.465 e. The lowest BCUT2D eigenvalue weighted by Gasteiger charge is -2.42. The van der Waals surface area contributed by atoms with Gasteiger partial charge in [-0.25, -0.2) is 9.78 Å². The number of hydrogen-bond acceptors (Lipinski definition) is 10. The van der Waals surface area contributed by atoms with Crippen LogP contribution in [-0.2, 0) is 5.54 Å². The van der Waals surface area contributed by atoms with Crippen molar-refractivity contribution in [3.05, 3.63) is 40.2 Å². The van der Waals surface area contributed by atoms with E-state index in [4.69, 9.17) is 11.6 Å². The van der Waals surface area contributed by atoms with Crippen LogP contribution in [0, 0.1) is 22.7 Å². The first-order chi connectivity index (χ1) is 16.8. The number of rotatable bonds is 6. The summed E-state index contributed by atoms with van der Waals surface area (Å²) in [6, 6.07) is 6.97. The van der Waals surface area contributed by atoms with E-state index in [0.29, 0.717) is 24.6 Å². The summed E-state index contributed by atoms with van der Waals surface area (Å²) in [6.45, 7) is 2.94. The molecule has 3 heterocycles. The van der Waals surface area contributed by atoms with Crippen molar-refractivity contribution in [2.45, 2.75) is 25.0 Å².